The molecule has 0 fully saturated rings. The van der Waals surface area contributed by atoms with Crippen molar-refractivity contribution in [2.75, 3.05) is 6.61 Å². The lowest BCUT2D eigenvalue weighted by molar-refractivity contribution is -0.137. The summed E-state index contributed by atoms with van der Waals surface area (Å²) in [7, 11) is 0. The number of hydrogen-bond donors (Lipinski definition) is 0. The number of aryl methyl sites for hydroxylation is 2. The van der Waals surface area contributed by atoms with Crippen LogP contribution >= 0.6 is 0 Å². The van der Waals surface area contributed by atoms with Crippen LogP contribution in [0.15, 0.2) is 67.0 Å². The Hall–Kier alpha value is -3.48. The van der Waals surface area contributed by atoms with Gasteiger partial charge in [-0.3, -0.25) is 0 Å². The Morgan fingerprint density at radius 3 is 2.25 bits per heavy atom. The number of benzene rings is 3. The monoisotopic (exact) mass is 440 g/mol. The fraction of sp³-hybridized carbons (Fsp3) is 0.200. The maximum atomic E-state index is 15.1. The van der Waals surface area contributed by atoms with Gasteiger partial charge in [0.05, 0.1) is 24.6 Å². The number of aromatic nitrogens is 2. The quantitative estimate of drug-likeness (QED) is 0.315. The SMILES string of the molecule is CCOc1cnc(-c2ccc3c(F)c(CCc4ccc(C(F)(F)F)cc4)ccc3c2)nc1. The van der Waals surface area contributed by atoms with Crippen molar-refractivity contribution in [3.05, 3.63) is 89.5 Å². The van der Waals surface area contributed by atoms with Crippen LogP contribution in [0.2, 0.25) is 0 Å². The van der Waals surface area contributed by atoms with E-state index in [1.54, 1.807) is 30.6 Å². The number of ether oxygens (including phenoxy) is 1. The van der Waals surface area contributed by atoms with Gasteiger partial charge in [0.25, 0.3) is 0 Å². The van der Waals surface area contributed by atoms with E-state index in [0.717, 1.165) is 28.6 Å². The van der Waals surface area contributed by atoms with Gasteiger partial charge in [0.15, 0.2) is 11.6 Å². The summed E-state index contributed by atoms with van der Waals surface area (Å²) < 4.78 is 58.5. The molecule has 0 aliphatic carbocycles. The highest BCUT2D eigenvalue weighted by atomic mass is 19.4. The second-order valence-corrected chi connectivity index (χ2v) is 7.34. The van der Waals surface area contributed by atoms with Gasteiger partial charge in [-0.25, -0.2) is 14.4 Å². The first-order chi connectivity index (χ1) is 15.3. The number of halogens is 4. The molecule has 0 unspecified atom stereocenters. The molecule has 4 aromatic rings. The highest BCUT2D eigenvalue weighted by Crippen LogP contribution is 2.30. The predicted molar refractivity (Wildman–Crippen MR) is 115 cm³/mol. The molecule has 0 N–H and O–H groups in total. The molecule has 0 radical (unpaired) electrons. The van der Waals surface area contributed by atoms with E-state index in [4.69, 9.17) is 4.74 Å². The van der Waals surface area contributed by atoms with E-state index < -0.39 is 11.7 Å². The Morgan fingerprint density at radius 1 is 0.875 bits per heavy atom. The minimum Gasteiger partial charge on any atom is -0.491 e. The summed E-state index contributed by atoms with van der Waals surface area (Å²) >= 11 is 0. The van der Waals surface area contributed by atoms with Crippen molar-refractivity contribution in [2.45, 2.75) is 25.9 Å². The Labute approximate surface area is 182 Å². The van der Waals surface area contributed by atoms with Crippen molar-refractivity contribution in [1.82, 2.24) is 9.97 Å². The Balaban J connectivity index is 1.52. The molecule has 0 amide bonds. The first-order valence-corrected chi connectivity index (χ1v) is 10.2. The number of rotatable bonds is 6. The largest absolute Gasteiger partial charge is 0.491 e. The minimum absolute atomic E-state index is 0.325. The molecule has 1 aromatic heterocycles. The fourth-order valence-electron chi connectivity index (χ4n) is 3.52. The van der Waals surface area contributed by atoms with E-state index in [2.05, 4.69) is 9.97 Å². The van der Waals surface area contributed by atoms with E-state index in [0.29, 0.717) is 42.0 Å². The Bertz CT molecular complexity index is 1220. The molecule has 164 valence electrons. The van der Waals surface area contributed by atoms with Gasteiger partial charge in [-0.2, -0.15) is 13.2 Å². The van der Waals surface area contributed by atoms with Gasteiger partial charge in [-0.1, -0.05) is 36.4 Å². The van der Waals surface area contributed by atoms with E-state index in [-0.39, 0.29) is 5.82 Å². The molecule has 3 aromatic carbocycles. The molecule has 1 heterocycles. The van der Waals surface area contributed by atoms with E-state index >= 15 is 4.39 Å². The Morgan fingerprint density at radius 2 is 1.59 bits per heavy atom. The van der Waals surface area contributed by atoms with Gasteiger partial charge >= 0.3 is 6.18 Å². The average molecular weight is 440 g/mol. The molecule has 0 atom stereocenters. The summed E-state index contributed by atoms with van der Waals surface area (Å²) in [4.78, 5) is 8.60. The van der Waals surface area contributed by atoms with Gasteiger partial charge in [-0.05, 0) is 54.5 Å². The smallest absolute Gasteiger partial charge is 0.416 e. The summed E-state index contributed by atoms with van der Waals surface area (Å²) in [5, 5.41) is 1.19. The molecule has 3 nitrogen and oxygen atoms in total. The molecule has 7 heteroatoms. The third-order valence-electron chi connectivity index (χ3n) is 5.20. The summed E-state index contributed by atoms with van der Waals surface area (Å²) in [6, 6.07) is 13.8. The van der Waals surface area contributed by atoms with Crippen LogP contribution in [0.4, 0.5) is 17.6 Å². The van der Waals surface area contributed by atoms with Gasteiger partial charge < -0.3 is 4.74 Å². The molecule has 0 spiro atoms. The average Bonchev–Trinajstić information content (AvgIpc) is 2.79. The number of alkyl halides is 3. The highest BCUT2D eigenvalue weighted by Gasteiger charge is 2.29. The topological polar surface area (TPSA) is 35.0 Å². The molecule has 4 rings (SSSR count). The molecule has 0 saturated carbocycles. The zero-order chi connectivity index (χ0) is 22.7. The molecular weight excluding hydrogens is 420 g/mol. The Kier molecular flexibility index (Phi) is 6.08. The molecule has 0 saturated heterocycles. The van der Waals surface area contributed by atoms with Crippen molar-refractivity contribution in [1.29, 1.82) is 0 Å². The van der Waals surface area contributed by atoms with Crippen molar-refractivity contribution in [2.24, 2.45) is 0 Å². The summed E-state index contributed by atoms with van der Waals surface area (Å²) in [5.41, 5.74) is 1.31. The zero-order valence-electron chi connectivity index (χ0n) is 17.3. The molecule has 0 aliphatic heterocycles. The molecule has 0 bridgehead atoms. The number of fused-ring (bicyclic) bond motifs is 1. The summed E-state index contributed by atoms with van der Waals surface area (Å²) in [5.74, 6) is 0.775. The normalized spacial score (nSPS) is 11.7. The molecule has 32 heavy (non-hydrogen) atoms. The highest BCUT2D eigenvalue weighted by molar-refractivity contribution is 5.87. The van der Waals surface area contributed by atoms with Crippen LogP contribution in [0.3, 0.4) is 0 Å². The third kappa shape index (κ3) is 4.72. The van der Waals surface area contributed by atoms with Gasteiger partial charge in [-0.15, -0.1) is 0 Å². The van der Waals surface area contributed by atoms with Crippen LogP contribution in [0.5, 0.6) is 5.75 Å². The van der Waals surface area contributed by atoms with Gasteiger partial charge in [0.2, 0.25) is 0 Å². The van der Waals surface area contributed by atoms with Crippen LogP contribution in [-0.2, 0) is 19.0 Å². The van der Waals surface area contributed by atoms with Crippen molar-refractivity contribution in [3.8, 4) is 17.1 Å². The van der Waals surface area contributed by atoms with Crippen LogP contribution < -0.4 is 4.74 Å². The summed E-state index contributed by atoms with van der Waals surface area (Å²) in [6.07, 6.45) is -0.338. The second-order valence-electron chi connectivity index (χ2n) is 7.34. The van der Waals surface area contributed by atoms with Crippen LogP contribution in [-0.4, -0.2) is 16.6 Å². The van der Waals surface area contributed by atoms with Crippen molar-refractivity contribution >= 4 is 10.8 Å². The third-order valence-corrected chi connectivity index (χ3v) is 5.20. The predicted octanol–water partition coefficient (Wildman–Crippen LogP) is 6.64. The van der Waals surface area contributed by atoms with E-state index in [1.165, 1.54) is 12.1 Å². The standard InChI is InChI=1S/C25H20F4N2O/c1-2-32-21-14-30-24(31-15-21)19-9-12-22-18(13-19)8-7-17(23(22)26)6-3-16-4-10-20(11-5-16)25(27,28)29/h4-5,7-15H,2-3,6H2,1H3. The minimum atomic E-state index is -4.36. The van der Waals surface area contributed by atoms with Crippen LogP contribution in [0.1, 0.15) is 23.6 Å². The number of nitrogens with zero attached hydrogens (tertiary/aromatic N) is 2. The van der Waals surface area contributed by atoms with Crippen LogP contribution in [0.25, 0.3) is 22.2 Å². The fourth-order valence-corrected chi connectivity index (χ4v) is 3.52. The summed E-state index contributed by atoms with van der Waals surface area (Å²) in [6.45, 7) is 2.41. The van der Waals surface area contributed by atoms with E-state index in [9.17, 15) is 13.2 Å². The zero-order valence-corrected chi connectivity index (χ0v) is 17.3. The molecular formula is C25H20F4N2O. The first-order valence-electron chi connectivity index (χ1n) is 10.2. The lowest BCUT2D eigenvalue weighted by atomic mass is 9.98. The van der Waals surface area contributed by atoms with Crippen molar-refractivity contribution in [3.63, 3.8) is 0 Å². The lowest BCUT2D eigenvalue weighted by Crippen LogP contribution is -2.04. The first kappa shape index (κ1) is 21.7. The maximum absolute atomic E-state index is 15.1. The van der Waals surface area contributed by atoms with Crippen molar-refractivity contribution < 1.29 is 22.3 Å². The van der Waals surface area contributed by atoms with Gasteiger partial charge in [0, 0.05) is 10.9 Å². The molecule has 0 aliphatic rings. The van der Waals surface area contributed by atoms with E-state index in [1.807, 2.05) is 19.1 Å². The van der Waals surface area contributed by atoms with Crippen LogP contribution in [0, 0.1) is 5.82 Å². The number of hydrogen-bond acceptors (Lipinski definition) is 3. The second kappa shape index (κ2) is 8.94. The van der Waals surface area contributed by atoms with Gasteiger partial charge in [0.1, 0.15) is 5.82 Å². The lowest BCUT2D eigenvalue weighted by Gasteiger charge is -2.10. The maximum Gasteiger partial charge on any atom is 0.416 e.